The highest BCUT2D eigenvalue weighted by atomic mass is 35.5. The van der Waals surface area contributed by atoms with Crippen LogP contribution in [0.1, 0.15) is 31.5 Å². The van der Waals surface area contributed by atoms with E-state index in [1.807, 2.05) is 23.0 Å². The van der Waals surface area contributed by atoms with Gasteiger partial charge in [-0.3, -0.25) is 0 Å². The molecule has 0 fully saturated rings. The van der Waals surface area contributed by atoms with Gasteiger partial charge in [-0.25, -0.2) is 4.68 Å². The third-order valence-corrected chi connectivity index (χ3v) is 3.68. The van der Waals surface area contributed by atoms with Crippen LogP contribution in [0.5, 0.6) is 0 Å². The molecule has 0 radical (unpaired) electrons. The lowest BCUT2D eigenvalue weighted by molar-refractivity contribution is 0.707. The lowest BCUT2D eigenvalue weighted by Gasteiger charge is -2.11. The van der Waals surface area contributed by atoms with Crippen LogP contribution in [0.3, 0.4) is 0 Å². The van der Waals surface area contributed by atoms with Crippen molar-refractivity contribution in [3.05, 3.63) is 45.7 Å². The Morgan fingerprint density at radius 2 is 2.05 bits per heavy atom. The molecule has 0 saturated carbocycles. The van der Waals surface area contributed by atoms with Crippen LogP contribution in [0.25, 0.3) is 5.69 Å². The smallest absolute Gasteiger partial charge is 0.0836 e. The summed E-state index contributed by atoms with van der Waals surface area (Å²) < 4.78 is 1.93. The third kappa shape index (κ3) is 3.35. The van der Waals surface area contributed by atoms with Crippen molar-refractivity contribution in [3.8, 4) is 5.69 Å². The van der Waals surface area contributed by atoms with Crippen molar-refractivity contribution in [1.82, 2.24) is 15.1 Å². The molecule has 1 aromatic carbocycles. The minimum absolute atomic E-state index is 0.618. The summed E-state index contributed by atoms with van der Waals surface area (Å²) in [6, 6.07) is 5.50. The SMILES string of the molecule is CCCc1c(CNCC)cnn1-c1ccc(Cl)cc1Cl. The highest BCUT2D eigenvalue weighted by Gasteiger charge is 2.13. The number of aromatic nitrogens is 2. The zero-order valence-electron chi connectivity index (χ0n) is 11.8. The van der Waals surface area contributed by atoms with Crippen molar-refractivity contribution in [2.24, 2.45) is 0 Å². The topological polar surface area (TPSA) is 29.9 Å². The van der Waals surface area contributed by atoms with Gasteiger partial charge in [-0.2, -0.15) is 5.10 Å². The van der Waals surface area contributed by atoms with Crippen LogP contribution in [0.4, 0.5) is 0 Å². The molecule has 0 aliphatic carbocycles. The van der Waals surface area contributed by atoms with Gasteiger partial charge in [-0.1, -0.05) is 43.5 Å². The van der Waals surface area contributed by atoms with E-state index in [0.29, 0.717) is 10.0 Å². The molecule has 0 amide bonds. The molecule has 0 aliphatic heterocycles. The van der Waals surface area contributed by atoms with E-state index in [1.54, 1.807) is 6.07 Å². The summed E-state index contributed by atoms with van der Waals surface area (Å²) >= 11 is 12.2. The number of hydrogen-bond acceptors (Lipinski definition) is 2. The molecule has 0 bridgehead atoms. The number of hydrogen-bond donors (Lipinski definition) is 1. The molecule has 5 heteroatoms. The number of rotatable bonds is 6. The van der Waals surface area contributed by atoms with Crippen LogP contribution in [0.15, 0.2) is 24.4 Å². The van der Waals surface area contributed by atoms with Gasteiger partial charge < -0.3 is 5.32 Å². The van der Waals surface area contributed by atoms with E-state index in [9.17, 15) is 0 Å². The first-order valence-corrected chi connectivity index (χ1v) is 7.64. The molecular weight excluding hydrogens is 293 g/mol. The van der Waals surface area contributed by atoms with Crippen molar-refractivity contribution < 1.29 is 0 Å². The van der Waals surface area contributed by atoms with Gasteiger partial charge in [0.05, 0.1) is 16.9 Å². The van der Waals surface area contributed by atoms with Crippen LogP contribution < -0.4 is 5.32 Å². The van der Waals surface area contributed by atoms with E-state index in [2.05, 4.69) is 24.3 Å². The molecule has 1 heterocycles. The van der Waals surface area contributed by atoms with Crippen LogP contribution in [0.2, 0.25) is 10.0 Å². The zero-order chi connectivity index (χ0) is 14.5. The first-order chi connectivity index (χ1) is 9.67. The lowest BCUT2D eigenvalue weighted by atomic mass is 10.1. The van der Waals surface area contributed by atoms with Gasteiger partial charge in [0.1, 0.15) is 0 Å². The second-order valence-corrected chi connectivity index (χ2v) is 5.50. The molecule has 0 atom stereocenters. The normalized spacial score (nSPS) is 11.0. The predicted octanol–water partition coefficient (Wildman–Crippen LogP) is 4.24. The third-order valence-electron chi connectivity index (χ3n) is 3.15. The second kappa shape index (κ2) is 7.11. The Bertz CT molecular complexity index is 578. The Labute approximate surface area is 129 Å². The number of benzene rings is 1. The number of nitrogens with one attached hydrogen (secondary N) is 1. The van der Waals surface area contributed by atoms with Crippen LogP contribution in [-0.2, 0) is 13.0 Å². The molecule has 0 unspecified atom stereocenters. The molecule has 20 heavy (non-hydrogen) atoms. The summed E-state index contributed by atoms with van der Waals surface area (Å²) in [7, 11) is 0. The highest BCUT2D eigenvalue weighted by molar-refractivity contribution is 6.35. The molecular formula is C15H19Cl2N3. The standard InChI is InChI=1S/C15H19Cl2N3/c1-3-5-14-11(9-18-4-2)10-19-20(14)15-7-6-12(16)8-13(15)17/h6-8,10,18H,3-5,9H2,1-2H3. The van der Waals surface area contributed by atoms with Crippen LogP contribution in [-0.4, -0.2) is 16.3 Å². The van der Waals surface area contributed by atoms with Crippen molar-refractivity contribution in [2.45, 2.75) is 33.2 Å². The van der Waals surface area contributed by atoms with Crippen LogP contribution >= 0.6 is 23.2 Å². The van der Waals surface area contributed by atoms with Crippen molar-refractivity contribution in [3.63, 3.8) is 0 Å². The minimum atomic E-state index is 0.618. The largest absolute Gasteiger partial charge is 0.313 e. The maximum Gasteiger partial charge on any atom is 0.0836 e. The number of halogens is 2. The molecule has 0 spiro atoms. The maximum absolute atomic E-state index is 6.29. The summed E-state index contributed by atoms with van der Waals surface area (Å²) in [5.41, 5.74) is 3.31. The predicted molar refractivity (Wildman–Crippen MR) is 85.0 cm³/mol. The summed E-state index contributed by atoms with van der Waals surface area (Å²) in [6.45, 7) is 6.04. The van der Waals surface area contributed by atoms with E-state index in [-0.39, 0.29) is 0 Å². The van der Waals surface area contributed by atoms with Gasteiger partial charge in [0.25, 0.3) is 0 Å². The summed E-state index contributed by atoms with van der Waals surface area (Å²) in [5, 5.41) is 9.10. The molecule has 3 nitrogen and oxygen atoms in total. The van der Waals surface area contributed by atoms with Gasteiger partial charge in [-0.05, 0) is 31.2 Å². The summed E-state index contributed by atoms with van der Waals surface area (Å²) in [6.07, 6.45) is 3.95. The fourth-order valence-corrected chi connectivity index (χ4v) is 2.67. The van der Waals surface area contributed by atoms with Gasteiger partial charge in [0, 0.05) is 22.8 Å². The van der Waals surface area contributed by atoms with Gasteiger partial charge >= 0.3 is 0 Å². The Hall–Kier alpha value is -1.03. The molecule has 2 rings (SSSR count). The molecule has 108 valence electrons. The zero-order valence-corrected chi connectivity index (χ0v) is 13.3. The van der Waals surface area contributed by atoms with Gasteiger partial charge in [0.15, 0.2) is 0 Å². The van der Waals surface area contributed by atoms with Gasteiger partial charge in [0.2, 0.25) is 0 Å². The molecule has 1 N–H and O–H groups in total. The van der Waals surface area contributed by atoms with E-state index >= 15 is 0 Å². The monoisotopic (exact) mass is 311 g/mol. The fourth-order valence-electron chi connectivity index (χ4n) is 2.18. The Kier molecular flexibility index (Phi) is 5.46. The van der Waals surface area contributed by atoms with Crippen molar-refractivity contribution in [2.75, 3.05) is 6.54 Å². The summed E-state index contributed by atoms with van der Waals surface area (Å²) in [4.78, 5) is 0. The van der Waals surface area contributed by atoms with E-state index < -0.39 is 0 Å². The fraction of sp³-hybridized carbons (Fsp3) is 0.400. The van der Waals surface area contributed by atoms with Crippen molar-refractivity contribution >= 4 is 23.2 Å². The quantitative estimate of drug-likeness (QED) is 0.864. The van der Waals surface area contributed by atoms with E-state index in [0.717, 1.165) is 31.6 Å². The average Bonchev–Trinajstić information content (AvgIpc) is 2.80. The second-order valence-electron chi connectivity index (χ2n) is 4.65. The van der Waals surface area contributed by atoms with Crippen molar-refractivity contribution in [1.29, 1.82) is 0 Å². The Morgan fingerprint density at radius 1 is 1.25 bits per heavy atom. The minimum Gasteiger partial charge on any atom is -0.313 e. The molecule has 2 aromatic rings. The molecule has 0 saturated heterocycles. The van der Waals surface area contributed by atoms with Crippen LogP contribution in [0, 0.1) is 0 Å². The molecule has 0 aliphatic rings. The number of nitrogens with zero attached hydrogens (tertiary/aromatic N) is 2. The summed E-state index contributed by atoms with van der Waals surface area (Å²) in [5.74, 6) is 0. The first-order valence-electron chi connectivity index (χ1n) is 6.89. The first kappa shape index (κ1) is 15.4. The highest BCUT2D eigenvalue weighted by Crippen LogP contribution is 2.26. The Balaban J connectivity index is 2.42. The van der Waals surface area contributed by atoms with E-state index in [1.165, 1.54) is 11.3 Å². The average molecular weight is 312 g/mol. The Morgan fingerprint density at radius 3 is 2.70 bits per heavy atom. The van der Waals surface area contributed by atoms with E-state index in [4.69, 9.17) is 23.2 Å². The lowest BCUT2D eigenvalue weighted by Crippen LogP contribution is -2.13. The molecule has 1 aromatic heterocycles. The van der Waals surface area contributed by atoms with Gasteiger partial charge in [-0.15, -0.1) is 0 Å². The maximum atomic E-state index is 6.29.